The summed E-state index contributed by atoms with van der Waals surface area (Å²) in [5.41, 5.74) is 4.18. The first-order valence-electron chi connectivity index (χ1n) is 29.8. The number of hydrogen-bond acceptors (Lipinski definition) is 8. The fourth-order valence-electron chi connectivity index (χ4n) is 10.7. The van der Waals surface area contributed by atoms with Crippen LogP contribution in [0.15, 0.2) is 97.1 Å². The van der Waals surface area contributed by atoms with Gasteiger partial charge in [-0.1, -0.05) is 146 Å². The van der Waals surface area contributed by atoms with E-state index in [-0.39, 0.29) is 11.9 Å². The van der Waals surface area contributed by atoms with Gasteiger partial charge < -0.3 is 39.7 Å². The molecule has 0 aromatic heterocycles. The van der Waals surface area contributed by atoms with Gasteiger partial charge in [-0.2, -0.15) is 0 Å². The third kappa shape index (κ3) is 25.9. The van der Waals surface area contributed by atoms with Crippen molar-refractivity contribution in [3.8, 4) is 34.8 Å². The van der Waals surface area contributed by atoms with Gasteiger partial charge >= 0.3 is 0 Å². The predicted molar refractivity (Wildman–Crippen MR) is 315 cm³/mol. The van der Waals surface area contributed by atoms with E-state index in [1.54, 1.807) is 13.0 Å². The Morgan fingerprint density at radius 3 is 1.60 bits per heavy atom. The third-order valence-electron chi connectivity index (χ3n) is 15.1. The second kappa shape index (κ2) is 36.9. The van der Waals surface area contributed by atoms with E-state index in [1.807, 2.05) is 91.0 Å². The van der Waals surface area contributed by atoms with Gasteiger partial charge in [0.1, 0.15) is 28.8 Å². The van der Waals surface area contributed by atoms with Gasteiger partial charge in [0.15, 0.2) is 0 Å². The molecule has 0 aliphatic heterocycles. The SMILES string of the molecule is CC(=N)CC(O)c1cccc(OCC2CCCCC2)c1.CC/C=C/c1cc(F)cc(OCC2CCCCC2)c1.CCC#Cc1cccc(OCC2CCCCC2)c1.CCC[C@@H](O)c1cccc(OC[C@@H]2CCC[C@H](O)C2)c1. The van der Waals surface area contributed by atoms with Gasteiger partial charge in [-0.05, 0) is 173 Å². The van der Waals surface area contributed by atoms with Crippen LogP contribution in [0, 0.1) is 46.7 Å². The molecule has 0 bridgehead atoms. The number of ether oxygens (including phenoxy) is 4. The van der Waals surface area contributed by atoms with Gasteiger partial charge in [0.25, 0.3) is 0 Å². The van der Waals surface area contributed by atoms with Crippen molar-refractivity contribution in [2.75, 3.05) is 26.4 Å². The molecule has 8 nitrogen and oxygen atoms in total. The van der Waals surface area contributed by atoms with Crippen LogP contribution in [0.5, 0.6) is 23.0 Å². The van der Waals surface area contributed by atoms with Crippen LogP contribution in [0.3, 0.4) is 0 Å². The highest BCUT2D eigenvalue weighted by Gasteiger charge is 2.21. The summed E-state index contributed by atoms with van der Waals surface area (Å²) >= 11 is 0. The minimum atomic E-state index is -0.606. The molecule has 1 unspecified atom stereocenters. The van der Waals surface area contributed by atoms with E-state index in [2.05, 4.69) is 32.6 Å². The van der Waals surface area contributed by atoms with Crippen LogP contribution in [0.4, 0.5) is 4.39 Å². The van der Waals surface area contributed by atoms with Gasteiger partial charge in [-0.15, -0.1) is 0 Å². The fourth-order valence-corrected chi connectivity index (χ4v) is 10.7. The Hall–Kier alpha value is -5.14. The minimum Gasteiger partial charge on any atom is -0.493 e. The summed E-state index contributed by atoms with van der Waals surface area (Å²) < 4.78 is 36.9. The van der Waals surface area contributed by atoms with Crippen LogP contribution >= 0.6 is 0 Å². The van der Waals surface area contributed by atoms with E-state index in [0.717, 1.165) is 117 Å². The lowest BCUT2D eigenvalue weighted by atomic mass is 9.88. The predicted octanol–water partition coefficient (Wildman–Crippen LogP) is 17.2. The summed E-state index contributed by atoms with van der Waals surface area (Å²) in [5.74, 6) is 11.8. The van der Waals surface area contributed by atoms with Crippen LogP contribution in [0.2, 0.25) is 0 Å². The number of nitrogens with one attached hydrogen (secondary N) is 1. The average molecular weight is 1060 g/mol. The number of aliphatic hydroxyl groups is 3. The second-order valence-electron chi connectivity index (χ2n) is 22.1. The van der Waals surface area contributed by atoms with Crippen molar-refractivity contribution in [1.29, 1.82) is 5.41 Å². The van der Waals surface area contributed by atoms with Crippen molar-refractivity contribution < 1.29 is 38.7 Å². The fraction of sp³-hybridized carbons (Fsp3) is 0.574. The Morgan fingerprint density at radius 1 is 0.597 bits per heavy atom. The molecule has 0 amide bonds. The van der Waals surface area contributed by atoms with Crippen molar-refractivity contribution in [2.24, 2.45) is 23.7 Å². The Bertz CT molecular complexity index is 2340. The molecule has 4 aromatic carbocycles. The van der Waals surface area contributed by atoms with Crippen LogP contribution in [-0.4, -0.2) is 53.6 Å². The number of hydrogen-bond donors (Lipinski definition) is 4. The summed E-state index contributed by atoms with van der Waals surface area (Å²) in [5, 5.41) is 37.2. The van der Waals surface area contributed by atoms with E-state index < -0.39 is 12.2 Å². The van der Waals surface area contributed by atoms with Crippen LogP contribution in [-0.2, 0) is 0 Å². The molecule has 0 radical (unpaired) electrons. The van der Waals surface area contributed by atoms with Gasteiger partial charge in [-0.3, -0.25) is 0 Å². The summed E-state index contributed by atoms with van der Waals surface area (Å²) in [6.45, 7) is 10.9. The lowest BCUT2D eigenvalue weighted by Gasteiger charge is -2.25. The third-order valence-corrected chi connectivity index (χ3v) is 15.1. The van der Waals surface area contributed by atoms with Gasteiger partial charge in [0.2, 0.25) is 0 Å². The molecule has 422 valence electrons. The highest BCUT2D eigenvalue weighted by molar-refractivity contribution is 5.79. The molecule has 4 N–H and O–H groups in total. The summed E-state index contributed by atoms with van der Waals surface area (Å²) in [4.78, 5) is 0. The zero-order valence-electron chi connectivity index (χ0n) is 47.5. The van der Waals surface area contributed by atoms with E-state index >= 15 is 0 Å². The molecular weight excluding hydrogens is 962 g/mol. The molecule has 4 aliphatic carbocycles. The first-order valence-corrected chi connectivity index (χ1v) is 29.8. The highest BCUT2D eigenvalue weighted by Crippen LogP contribution is 2.30. The van der Waals surface area contributed by atoms with Crippen LogP contribution in [0.1, 0.15) is 216 Å². The summed E-state index contributed by atoms with van der Waals surface area (Å²) in [6, 6.07) is 28.4. The number of benzene rings is 4. The number of halogens is 1. The summed E-state index contributed by atoms with van der Waals surface area (Å²) in [7, 11) is 0. The molecule has 4 fully saturated rings. The maximum absolute atomic E-state index is 13.5. The van der Waals surface area contributed by atoms with Crippen LogP contribution in [0.25, 0.3) is 6.08 Å². The van der Waals surface area contributed by atoms with Crippen molar-refractivity contribution in [3.05, 3.63) is 125 Å². The molecule has 77 heavy (non-hydrogen) atoms. The zero-order chi connectivity index (χ0) is 54.9. The maximum Gasteiger partial charge on any atom is 0.127 e. The summed E-state index contributed by atoms with van der Waals surface area (Å²) in [6.07, 6.45) is 30.6. The molecule has 4 saturated carbocycles. The van der Waals surface area contributed by atoms with E-state index in [1.165, 1.54) is 102 Å². The van der Waals surface area contributed by atoms with Crippen molar-refractivity contribution in [2.45, 2.75) is 200 Å². The Labute approximate surface area is 464 Å². The lowest BCUT2D eigenvalue weighted by Crippen LogP contribution is -2.24. The Morgan fingerprint density at radius 2 is 1.09 bits per heavy atom. The van der Waals surface area contributed by atoms with Crippen molar-refractivity contribution >= 4 is 11.8 Å². The number of allylic oxidation sites excluding steroid dienone is 1. The number of aliphatic hydroxyl groups excluding tert-OH is 3. The van der Waals surface area contributed by atoms with Gasteiger partial charge in [-0.25, -0.2) is 4.39 Å². The first kappa shape index (κ1) is 62.7. The van der Waals surface area contributed by atoms with Gasteiger partial charge in [0, 0.05) is 30.2 Å². The quantitative estimate of drug-likeness (QED) is 0.0514. The topological polar surface area (TPSA) is 121 Å². The average Bonchev–Trinajstić information content (AvgIpc) is 3.45. The smallest absolute Gasteiger partial charge is 0.127 e. The molecule has 4 aromatic rings. The molecule has 0 spiro atoms. The molecule has 0 heterocycles. The molecule has 9 heteroatoms. The normalized spacial score (nSPS) is 18.8. The monoisotopic (exact) mass is 1060 g/mol. The standard InChI is InChI=1S/C17H23FO.C17H25NO2.C17H26O3.C17H22O/c1-2-3-7-15-10-16(18)12-17(11-15)19-13-14-8-5-4-6-9-14;1-13(18)10-17(19)15-8-5-9-16(11-15)20-12-14-6-3-2-4-7-14;1-2-5-17(19)14-7-4-9-16(11-14)20-12-13-6-3-8-15(18)10-13;1-2-3-8-15-11-7-12-17(13-15)18-14-16-9-5-4-6-10-16/h3,7,10-12,14H,2,4-6,8-9,13H2,1H3;5,8-9,11,14,17-19H,2-4,6-7,10,12H2,1H3;4,7,9,11,13,15,17-19H,2-3,5-6,8,10,12H2,1H3;7,11-13,16H,2,4-6,9-10,14H2,1H3/b7-3+;;;/t;;13-,15+,17-;/m..1./s1. The van der Waals surface area contributed by atoms with Gasteiger partial charge in [0.05, 0.1) is 44.7 Å². The Balaban J connectivity index is 0.000000189. The molecule has 4 aliphatic rings. The lowest BCUT2D eigenvalue weighted by molar-refractivity contribution is 0.0808. The van der Waals surface area contributed by atoms with Crippen molar-refractivity contribution in [3.63, 3.8) is 0 Å². The molecular formula is C68H96FNO7. The Kier molecular flexibility index (Phi) is 30.0. The minimum absolute atomic E-state index is 0.157. The molecule has 0 saturated heterocycles. The maximum atomic E-state index is 13.5. The van der Waals surface area contributed by atoms with Crippen molar-refractivity contribution in [1.82, 2.24) is 0 Å². The molecule has 4 atom stereocenters. The second-order valence-corrected chi connectivity index (χ2v) is 22.1. The highest BCUT2D eigenvalue weighted by atomic mass is 19.1. The van der Waals surface area contributed by atoms with Crippen LogP contribution < -0.4 is 18.9 Å². The van der Waals surface area contributed by atoms with E-state index in [4.69, 9.17) is 24.4 Å². The largest absolute Gasteiger partial charge is 0.493 e. The van der Waals surface area contributed by atoms with E-state index in [0.29, 0.717) is 42.2 Å². The zero-order valence-corrected chi connectivity index (χ0v) is 47.5. The van der Waals surface area contributed by atoms with E-state index in [9.17, 15) is 19.7 Å². The molecule has 8 rings (SSSR count). The first-order chi connectivity index (χ1) is 37.5. The number of rotatable bonds is 20.